The van der Waals surface area contributed by atoms with E-state index in [0.717, 1.165) is 5.56 Å². The number of carbonyl (C=O) groups is 1. The summed E-state index contributed by atoms with van der Waals surface area (Å²) in [4.78, 5) is 14.0. The van der Waals surface area contributed by atoms with Crippen LogP contribution in [0.1, 0.15) is 18.4 Å². The Kier molecular flexibility index (Phi) is 6.11. The summed E-state index contributed by atoms with van der Waals surface area (Å²) in [6.45, 7) is 5.63. The third-order valence-electron chi connectivity index (χ3n) is 5.17. The third-order valence-corrected chi connectivity index (χ3v) is 7.53. The van der Waals surface area contributed by atoms with Crippen molar-refractivity contribution in [3.8, 4) is 0 Å². The summed E-state index contributed by atoms with van der Waals surface area (Å²) in [6.07, 6.45) is 3.01. The molecule has 0 unspecified atom stereocenters. The Morgan fingerprint density at radius 1 is 1.19 bits per heavy atom. The predicted octanol–water partition coefficient (Wildman–Crippen LogP) is 1.44. The minimum Gasteiger partial charge on any atom is -0.381 e. The summed E-state index contributed by atoms with van der Waals surface area (Å²) in [5.41, 5.74) is 1.09. The number of nitrogens with zero attached hydrogens (tertiary/aromatic N) is 2. The molecule has 2 heterocycles. The van der Waals surface area contributed by atoms with Gasteiger partial charge in [0.15, 0.2) is 0 Å². The second kappa shape index (κ2) is 8.33. The van der Waals surface area contributed by atoms with E-state index in [-0.39, 0.29) is 17.2 Å². The molecule has 142 valence electrons. The Morgan fingerprint density at radius 2 is 1.88 bits per heavy atom. The van der Waals surface area contributed by atoms with Crippen LogP contribution in [0.25, 0.3) is 0 Å². The zero-order valence-corrected chi connectivity index (χ0v) is 15.7. The Balaban J connectivity index is 1.78. The van der Waals surface area contributed by atoms with E-state index in [4.69, 9.17) is 4.74 Å². The molecule has 0 aromatic heterocycles. The van der Waals surface area contributed by atoms with Crippen molar-refractivity contribution in [3.63, 3.8) is 0 Å². The topological polar surface area (TPSA) is 66.9 Å². The van der Waals surface area contributed by atoms with Crippen molar-refractivity contribution in [2.75, 3.05) is 32.8 Å². The fourth-order valence-electron chi connectivity index (χ4n) is 3.71. The molecule has 1 atom stereocenters. The maximum atomic E-state index is 13.0. The molecule has 26 heavy (non-hydrogen) atoms. The molecular formula is C19H26N2O4S. The van der Waals surface area contributed by atoms with Gasteiger partial charge in [-0.15, -0.1) is 0 Å². The second-order valence-corrected chi connectivity index (χ2v) is 9.01. The normalized spacial score (nSPS) is 22.9. The van der Waals surface area contributed by atoms with Gasteiger partial charge < -0.3 is 9.64 Å². The van der Waals surface area contributed by atoms with E-state index in [1.165, 1.54) is 6.08 Å². The quantitative estimate of drug-likeness (QED) is 0.727. The number of amides is 1. The molecule has 2 saturated heterocycles. The van der Waals surface area contributed by atoms with Gasteiger partial charge in [0.05, 0.1) is 5.25 Å². The summed E-state index contributed by atoms with van der Waals surface area (Å²) in [5, 5.41) is -0.379. The van der Waals surface area contributed by atoms with Gasteiger partial charge in [0, 0.05) is 38.9 Å². The molecule has 0 spiro atoms. The molecule has 0 bridgehead atoms. The number of sulfonamides is 1. The zero-order valence-electron chi connectivity index (χ0n) is 14.9. The lowest BCUT2D eigenvalue weighted by Gasteiger charge is -2.42. The highest BCUT2D eigenvalue weighted by atomic mass is 32.2. The van der Waals surface area contributed by atoms with Gasteiger partial charge in [-0.3, -0.25) is 4.79 Å². The van der Waals surface area contributed by atoms with Crippen molar-refractivity contribution in [2.24, 2.45) is 0 Å². The largest absolute Gasteiger partial charge is 0.381 e. The van der Waals surface area contributed by atoms with Gasteiger partial charge in [-0.1, -0.05) is 36.9 Å². The smallest absolute Gasteiger partial charge is 0.246 e. The molecule has 2 aliphatic heterocycles. The maximum absolute atomic E-state index is 13.0. The first-order valence-electron chi connectivity index (χ1n) is 9.06. The highest BCUT2D eigenvalue weighted by molar-refractivity contribution is 7.89. The van der Waals surface area contributed by atoms with Crippen LogP contribution in [0.4, 0.5) is 0 Å². The van der Waals surface area contributed by atoms with E-state index in [2.05, 4.69) is 6.58 Å². The van der Waals surface area contributed by atoms with Gasteiger partial charge in [-0.2, -0.15) is 4.31 Å². The summed E-state index contributed by atoms with van der Waals surface area (Å²) in [5.74, 6) is -0.144. The van der Waals surface area contributed by atoms with E-state index >= 15 is 0 Å². The standard InChI is InChI=1S/C19H26N2O4S/c1-2-19(22)21-11-10-20(26(23,24)18-8-12-25-13-9-18)15-17(21)14-16-6-4-3-5-7-16/h2-7,17-18H,1,8-15H2/t17-/m0/s1. The van der Waals surface area contributed by atoms with Gasteiger partial charge in [0.1, 0.15) is 0 Å². The number of piperazine rings is 1. The first-order chi connectivity index (χ1) is 12.5. The Labute approximate surface area is 155 Å². The highest BCUT2D eigenvalue weighted by Gasteiger charge is 2.39. The van der Waals surface area contributed by atoms with Crippen molar-refractivity contribution in [2.45, 2.75) is 30.6 Å². The lowest BCUT2D eigenvalue weighted by Crippen LogP contribution is -2.58. The molecule has 2 fully saturated rings. The number of carbonyl (C=O) groups excluding carboxylic acids is 1. The average Bonchev–Trinajstić information content (AvgIpc) is 2.69. The summed E-state index contributed by atoms with van der Waals surface area (Å²) < 4.78 is 32.9. The molecular weight excluding hydrogens is 352 g/mol. The van der Waals surface area contributed by atoms with Crippen molar-refractivity contribution in [1.29, 1.82) is 0 Å². The lowest BCUT2D eigenvalue weighted by molar-refractivity contribution is -0.129. The van der Waals surface area contributed by atoms with Crippen LogP contribution in [-0.2, 0) is 26.0 Å². The summed E-state index contributed by atoms with van der Waals surface area (Å²) in [6, 6.07) is 9.67. The van der Waals surface area contributed by atoms with Gasteiger partial charge in [0.2, 0.25) is 15.9 Å². The molecule has 0 aliphatic carbocycles. The molecule has 6 nitrogen and oxygen atoms in total. The molecule has 0 N–H and O–H groups in total. The van der Waals surface area contributed by atoms with Crippen LogP contribution >= 0.6 is 0 Å². The molecule has 2 aliphatic rings. The fourth-order valence-corrected chi connectivity index (χ4v) is 5.64. The van der Waals surface area contributed by atoms with E-state index < -0.39 is 10.0 Å². The van der Waals surface area contributed by atoms with Crippen molar-refractivity contribution >= 4 is 15.9 Å². The van der Waals surface area contributed by atoms with E-state index in [1.807, 2.05) is 30.3 Å². The maximum Gasteiger partial charge on any atom is 0.246 e. The van der Waals surface area contributed by atoms with Crippen LogP contribution in [0, 0.1) is 0 Å². The van der Waals surface area contributed by atoms with Gasteiger partial charge >= 0.3 is 0 Å². The molecule has 7 heteroatoms. The zero-order chi connectivity index (χ0) is 18.6. The number of benzene rings is 1. The number of rotatable bonds is 5. The van der Waals surface area contributed by atoms with Crippen LogP contribution < -0.4 is 0 Å². The van der Waals surface area contributed by atoms with Crippen LogP contribution in [0.2, 0.25) is 0 Å². The Hall–Kier alpha value is -1.70. The minimum absolute atomic E-state index is 0.144. The predicted molar refractivity (Wildman–Crippen MR) is 100 cm³/mol. The van der Waals surface area contributed by atoms with Gasteiger partial charge in [-0.25, -0.2) is 8.42 Å². The molecule has 0 saturated carbocycles. The first kappa shape index (κ1) is 19.1. The summed E-state index contributed by atoms with van der Waals surface area (Å²) in [7, 11) is -3.38. The molecule has 0 radical (unpaired) electrons. The SMILES string of the molecule is C=CC(=O)N1CCN(S(=O)(=O)C2CCOCC2)C[C@@H]1Cc1ccccc1. The molecule has 1 aromatic carbocycles. The highest BCUT2D eigenvalue weighted by Crippen LogP contribution is 2.24. The first-order valence-corrected chi connectivity index (χ1v) is 10.6. The van der Waals surface area contributed by atoms with E-state index in [0.29, 0.717) is 52.1 Å². The molecule has 1 amide bonds. The van der Waals surface area contributed by atoms with Gasteiger partial charge in [-0.05, 0) is 30.9 Å². The molecule has 1 aromatic rings. The Bertz CT molecular complexity index is 729. The van der Waals surface area contributed by atoms with Gasteiger partial charge in [0.25, 0.3) is 0 Å². The number of hydrogen-bond donors (Lipinski definition) is 0. The van der Waals surface area contributed by atoms with Crippen LogP contribution in [-0.4, -0.2) is 67.7 Å². The molecule has 3 rings (SSSR count). The number of ether oxygens (including phenoxy) is 1. The monoisotopic (exact) mass is 378 g/mol. The van der Waals surface area contributed by atoms with E-state index in [1.54, 1.807) is 9.21 Å². The van der Waals surface area contributed by atoms with E-state index in [9.17, 15) is 13.2 Å². The average molecular weight is 378 g/mol. The second-order valence-electron chi connectivity index (χ2n) is 6.79. The Morgan fingerprint density at radius 3 is 2.54 bits per heavy atom. The fraction of sp³-hybridized carbons (Fsp3) is 0.526. The van der Waals surface area contributed by atoms with Crippen LogP contribution in [0.15, 0.2) is 43.0 Å². The van der Waals surface area contributed by atoms with Crippen molar-refractivity contribution in [1.82, 2.24) is 9.21 Å². The lowest BCUT2D eigenvalue weighted by atomic mass is 10.0. The van der Waals surface area contributed by atoms with Crippen molar-refractivity contribution < 1.29 is 17.9 Å². The van der Waals surface area contributed by atoms with Crippen molar-refractivity contribution in [3.05, 3.63) is 48.6 Å². The third kappa shape index (κ3) is 4.16. The van der Waals surface area contributed by atoms with Crippen LogP contribution in [0.5, 0.6) is 0 Å². The summed E-state index contributed by atoms with van der Waals surface area (Å²) >= 11 is 0. The minimum atomic E-state index is -3.38. The van der Waals surface area contributed by atoms with Crippen LogP contribution in [0.3, 0.4) is 0 Å². The number of hydrogen-bond acceptors (Lipinski definition) is 4.